The number of ether oxygens (including phenoxy) is 2. The van der Waals surface area contributed by atoms with Crippen molar-refractivity contribution in [1.29, 1.82) is 0 Å². The summed E-state index contributed by atoms with van der Waals surface area (Å²) < 4.78 is 10.6. The quantitative estimate of drug-likeness (QED) is 0.381. The second-order valence-corrected chi connectivity index (χ2v) is 7.39. The number of carbonyl (C=O) groups is 1. The predicted octanol–water partition coefficient (Wildman–Crippen LogP) is 4.43. The third-order valence-electron chi connectivity index (χ3n) is 5.37. The van der Waals surface area contributed by atoms with Gasteiger partial charge in [-0.05, 0) is 35.4 Å². The second kappa shape index (κ2) is 10.5. The lowest BCUT2D eigenvalue weighted by Gasteiger charge is -2.21. The number of amides is 1. The highest BCUT2D eigenvalue weighted by molar-refractivity contribution is 6.03. The van der Waals surface area contributed by atoms with Crippen molar-refractivity contribution in [3.8, 4) is 11.5 Å². The number of hydrogen-bond acceptors (Lipinski definition) is 6. The molecule has 3 aromatic carbocycles. The molecule has 4 rings (SSSR count). The first-order valence-corrected chi connectivity index (χ1v) is 10.6. The topological polar surface area (TPSA) is 72.7 Å². The third kappa shape index (κ3) is 5.20. The number of methoxy groups -OCH3 is 2. The molecule has 0 fully saturated rings. The fourth-order valence-corrected chi connectivity index (χ4v) is 3.66. The largest absolute Gasteiger partial charge is 0.497 e. The molecule has 1 atom stereocenters. The van der Waals surface area contributed by atoms with Gasteiger partial charge in [-0.15, -0.1) is 0 Å². The molecule has 0 N–H and O–H groups in total. The molecule has 0 radical (unpaired) electrons. The van der Waals surface area contributed by atoms with Crippen molar-refractivity contribution in [2.75, 3.05) is 20.8 Å². The normalized spacial score (nSPS) is 15.4. The molecule has 0 aromatic heterocycles. The van der Waals surface area contributed by atoms with Crippen LogP contribution in [0.3, 0.4) is 0 Å². The highest BCUT2D eigenvalue weighted by Gasteiger charge is 2.33. The summed E-state index contributed by atoms with van der Waals surface area (Å²) in [5.41, 5.74) is 3.56. The van der Waals surface area contributed by atoms with E-state index in [2.05, 4.69) is 10.3 Å². The molecular weight excluding hydrogens is 418 g/mol. The summed E-state index contributed by atoms with van der Waals surface area (Å²) in [7, 11) is 3.21. The van der Waals surface area contributed by atoms with Gasteiger partial charge in [-0.25, -0.2) is 5.01 Å². The molecule has 1 aliphatic heterocycles. The highest BCUT2D eigenvalue weighted by atomic mass is 16.6. The van der Waals surface area contributed by atoms with E-state index in [0.717, 1.165) is 28.2 Å². The molecule has 0 spiro atoms. The number of oxime groups is 1. The zero-order valence-electron chi connectivity index (χ0n) is 18.5. The van der Waals surface area contributed by atoms with Crippen LogP contribution in [0.4, 0.5) is 0 Å². The van der Waals surface area contributed by atoms with Crippen LogP contribution in [0.5, 0.6) is 11.5 Å². The lowest BCUT2D eigenvalue weighted by atomic mass is 9.98. The van der Waals surface area contributed by atoms with Gasteiger partial charge in [-0.1, -0.05) is 59.8 Å². The third-order valence-corrected chi connectivity index (χ3v) is 5.37. The van der Waals surface area contributed by atoms with Crippen LogP contribution >= 0.6 is 0 Å². The van der Waals surface area contributed by atoms with Crippen molar-refractivity contribution in [3.05, 3.63) is 95.6 Å². The van der Waals surface area contributed by atoms with Gasteiger partial charge in [-0.3, -0.25) is 4.79 Å². The van der Waals surface area contributed by atoms with Crippen molar-refractivity contribution in [2.24, 2.45) is 10.3 Å². The monoisotopic (exact) mass is 443 g/mol. The number of carbonyl (C=O) groups excluding carboxylic acids is 1. The van der Waals surface area contributed by atoms with E-state index in [1.807, 2.05) is 78.9 Å². The molecule has 0 aliphatic carbocycles. The Hall–Kier alpha value is -4.13. The summed E-state index contributed by atoms with van der Waals surface area (Å²) in [5, 5.41) is 10.1. The standard InChI is InChI=1S/C26H25N3O4/c1-31-22-14-12-20(13-15-22)24-16-23(19-8-4-3-5-9-19)28-29(24)26(30)18-33-27-17-21-10-6-7-11-25(21)32-2/h3-15,17,24H,16,18H2,1-2H3. The summed E-state index contributed by atoms with van der Waals surface area (Å²) in [4.78, 5) is 18.3. The first-order valence-electron chi connectivity index (χ1n) is 10.6. The Balaban J connectivity index is 1.50. The minimum absolute atomic E-state index is 0.232. The minimum atomic E-state index is -0.279. The van der Waals surface area contributed by atoms with Crippen LogP contribution in [0.1, 0.15) is 29.2 Å². The number of hydrogen-bond donors (Lipinski definition) is 0. The van der Waals surface area contributed by atoms with Gasteiger partial charge in [0.2, 0.25) is 0 Å². The number of nitrogens with zero attached hydrogens (tertiary/aromatic N) is 3. The first-order chi connectivity index (χ1) is 16.2. The van der Waals surface area contributed by atoms with Crippen LogP contribution < -0.4 is 9.47 Å². The molecule has 3 aromatic rings. The van der Waals surface area contributed by atoms with Gasteiger partial charge < -0.3 is 14.3 Å². The minimum Gasteiger partial charge on any atom is -0.497 e. The lowest BCUT2D eigenvalue weighted by Crippen LogP contribution is -2.30. The maximum absolute atomic E-state index is 13.0. The zero-order chi connectivity index (χ0) is 23.0. The van der Waals surface area contributed by atoms with Crippen molar-refractivity contribution >= 4 is 17.8 Å². The van der Waals surface area contributed by atoms with Crippen LogP contribution in [0.15, 0.2) is 89.1 Å². The van der Waals surface area contributed by atoms with Crippen LogP contribution in [-0.2, 0) is 9.63 Å². The van der Waals surface area contributed by atoms with Gasteiger partial charge in [0.25, 0.3) is 5.91 Å². The van der Waals surface area contributed by atoms with Crippen LogP contribution in [0, 0.1) is 0 Å². The number of benzene rings is 3. The first kappa shape index (κ1) is 22.1. The molecule has 7 nitrogen and oxygen atoms in total. The SMILES string of the molecule is COc1ccc(C2CC(c3ccccc3)=NN2C(=O)CON=Cc2ccccc2OC)cc1. The average Bonchev–Trinajstić information content (AvgIpc) is 3.33. The van der Waals surface area contributed by atoms with Crippen LogP contribution in [-0.4, -0.2) is 43.7 Å². The molecule has 0 saturated carbocycles. The Morgan fingerprint density at radius 3 is 2.45 bits per heavy atom. The fraction of sp³-hybridized carbons (Fsp3) is 0.192. The van der Waals surface area contributed by atoms with Crippen molar-refractivity contribution in [3.63, 3.8) is 0 Å². The summed E-state index contributed by atoms with van der Waals surface area (Å²) in [6.45, 7) is -0.232. The van der Waals surface area contributed by atoms with Crippen LogP contribution in [0.2, 0.25) is 0 Å². The zero-order valence-corrected chi connectivity index (χ0v) is 18.5. The smallest absolute Gasteiger partial charge is 0.283 e. The molecular formula is C26H25N3O4. The Morgan fingerprint density at radius 2 is 1.73 bits per heavy atom. The van der Waals surface area contributed by atoms with E-state index in [4.69, 9.17) is 14.3 Å². The maximum atomic E-state index is 13.0. The van der Waals surface area contributed by atoms with E-state index in [-0.39, 0.29) is 18.6 Å². The van der Waals surface area contributed by atoms with Crippen molar-refractivity contribution < 1.29 is 19.1 Å². The van der Waals surface area contributed by atoms with E-state index in [1.165, 1.54) is 11.2 Å². The molecule has 168 valence electrons. The molecule has 33 heavy (non-hydrogen) atoms. The van der Waals surface area contributed by atoms with Gasteiger partial charge in [0.05, 0.1) is 32.2 Å². The van der Waals surface area contributed by atoms with E-state index in [1.54, 1.807) is 14.2 Å². The average molecular weight is 444 g/mol. The summed E-state index contributed by atoms with van der Waals surface area (Å²) in [5.74, 6) is 1.15. The van der Waals surface area contributed by atoms with Gasteiger partial charge in [0, 0.05) is 12.0 Å². The Kier molecular flexibility index (Phi) is 6.99. The Labute approximate surface area is 192 Å². The molecule has 1 amide bonds. The maximum Gasteiger partial charge on any atom is 0.283 e. The molecule has 0 saturated heterocycles. The van der Waals surface area contributed by atoms with E-state index < -0.39 is 0 Å². The van der Waals surface area contributed by atoms with Crippen LogP contribution in [0.25, 0.3) is 0 Å². The molecule has 7 heteroatoms. The van der Waals surface area contributed by atoms with E-state index >= 15 is 0 Å². The molecule has 1 aliphatic rings. The predicted molar refractivity (Wildman–Crippen MR) is 127 cm³/mol. The lowest BCUT2D eigenvalue weighted by molar-refractivity contribution is -0.137. The van der Waals surface area contributed by atoms with E-state index in [0.29, 0.717) is 12.2 Å². The summed E-state index contributed by atoms with van der Waals surface area (Å²) >= 11 is 0. The number of hydrazone groups is 1. The summed E-state index contributed by atoms with van der Waals surface area (Å²) in [6.07, 6.45) is 2.13. The Morgan fingerprint density at radius 1 is 1.00 bits per heavy atom. The Bertz CT molecular complexity index is 1140. The number of para-hydroxylation sites is 1. The molecule has 1 heterocycles. The van der Waals surface area contributed by atoms with Gasteiger partial charge >= 0.3 is 0 Å². The van der Waals surface area contributed by atoms with Crippen molar-refractivity contribution in [2.45, 2.75) is 12.5 Å². The van der Waals surface area contributed by atoms with E-state index in [9.17, 15) is 4.79 Å². The molecule has 1 unspecified atom stereocenters. The fourth-order valence-electron chi connectivity index (χ4n) is 3.66. The highest BCUT2D eigenvalue weighted by Crippen LogP contribution is 2.33. The molecule has 0 bridgehead atoms. The van der Waals surface area contributed by atoms with Crippen molar-refractivity contribution in [1.82, 2.24) is 5.01 Å². The van der Waals surface area contributed by atoms with Gasteiger partial charge in [-0.2, -0.15) is 5.10 Å². The van der Waals surface area contributed by atoms with Gasteiger partial charge in [0.15, 0.2) is 6.61 Å². The summed E-state index contributed by atoms with van der Waals surface area (Å²) in [6, 6.07) is 24.7. The number of rotatable bonds is 8. The second-order valence-electron chi connectivity index (χ2n) is 7.39. The van der Waals surface area contributed by atoms with Gasteiger partial charge in [0.1, 0.15) is 11.5 Å².